The molecule has 0 aliphatic carbocycles. The largest absolute Gasteiger partial charge is 0.465 e. The molecule has 6 heteroatoms. The first-order valence-corrected chi connectivity index (χ1v) is 9.20. The van der Waals surface area contributed by atoms with Gasteiger partial charge in [-0.05, 0) is 63.2 Å². The van der Waals surface area contributed by atoms with Crippen molar-refractivity contribution in [2.75, 3.05) is 19.6 Å². The highest BCUT2D eigenvalue weighted by Gasteiger charge is 2.13. The van der Waals surface area contributed by atoms with Gasteiger partial charge in [0, 0.05) is 18.7 Å². The lowest BCUT2D eigenvalue weighted by Crippen LogP contribution is -2.24. The van der Waals surface area contributed by atoms with Gasteiger partial charge in [-0.2, -0.15) is 0 Å². The summed E-state index contributed by atoms with van der Waals surface area (Å²) in [6, 6.07) is 9.46. The molecule has 1 aliphatic heterocycles. The van der Waals surface area contributed by atoms with Crippen molar-refractivity contribution < 1.29 is 9.21 Å². The number of hydrogen-bond acceptors (Lipinski definition) is 4. The molecular weight excluding hydrogens is 328 g/mol. The number of fused-ring (bicyclic) bond motifs is 1. The van der Waals surface area contributed by atoms with Gasteiger partial charge in [0.2, 0.25) is 0 Å². The number of imidazole rings is 1. The first-order valence-electron chi connectivity index (χ1n) is 9.20. The van der Waals surface area contributed by atoms with Gasteiger partial charge in [-0.1, -0.05) is 0 Å². The average molecular weight is 352 g/mol. The van der Waals surface area contributed by atoms with Crippen LogP contribution in [0.25, 0.3) is 11.0 Å². The smallest absolute Gasteiger partial charge is 0.251 e. The number of hydrogen-bond donors (Lipinski definition) is 1. The van der Waals surface area contributed by atoms with Gasteiger partial charge < -0.3 is 19.2 Å². The molecule has 1 saturated heterocycles. The Labute approximate surface area is 152 Å². The third-order valence-corrected chi connectivity index (χ3v) is 4.96. The zero-order valence-corrected chi connectivity index (χ0v) is 15.1. The highest BCUT2D eigenvalue weighted by atomic mass is 16.3. The molecular formula is C20H24N4O2. The highest BCUT2D eigenvalue weighted by Crippen LogP contribution is 2.16. The van der Waals surface area contributed by atoms with E-state index in [1.807, 2.05) is 43.6 Å². The Balaban J connectivity index is 1.41. The van der Waals surface area contributed by atoms with Crippen LogP contribution >= 0.6 is 0 Å². The van der Waals surface area contributed by atoms with Crippen molar-refractivity contribution in [2.24, 2.45) is 0 Å². The molecule has 1 amide bonds. The number of aromatic nitrogens is 2. The topological polar surface area (TPSA) is 63.3 Å². The van der Waals surface area contributed by atoms with Gasteiger partial charge in [0.05, 0.1) is 23.9 Å². The number of nitrogens with one attached hydrogen (secondary N) is 1. The van der Waals surface area contributed by atoms with Gasteiger partial charge in [0.25, 0.3) is 5.91 Å². The maximum absolute atomic E-state index is 12.4. The minimum absolute atomic E-state index is 0.118. The van der Waals surface area contributed by atoms with Gasteiger partial charge in [0.15, 0.2) is 0 Å². The van der Waals surface area contributed by atoms with Crippen LogP contribution in [0.3, 0.4) is 0 Å². The summed E-state index contributed by atoms with van der Waals surface area (Å²) in [7, 11) is 0. The van der Waals surface area contributed by atoms with Crippen molar-refractivity contribution in [1.29, 1.82) is 0 Å². The predicted octanol–water partition coefficient (Wildman–Crippen LogP) is 2.96. The van der Waals surface area contributed by atoms with Crippen molar-refractivity contribution >= 4 is 16.9 Å². The number of carbonyl (C=O) groups excluding carboxylic acids is 1. The number of rotatable bonds is 6. The number of benzene rings is 1. The number of furan rings is 1. The fourth-order valence-electron chi connectivity index (χ4n) is 3.49. The SMILES string of the molecule is Cc1ccc(CNC(=O)c2ccc3c(c2)ncn3CCN2CCCC2)o1. The Hall–Kier alpha value is -2.60. The lowest BCUT2D eigenvalue weighted by Gasteiger charge is -2.14. The van der Waals surface area contributed by atoms with Crippen LogP contribution in [0.2, 0.25) is 0 Å². The quantitative estimate of drug-likeness (QED) is 0.741. The van der Waals surface area contributed by atoms with Crippen LogP contribution in [0, 0.1) is 6.92 Å². The third-order valence-electron chi connectivity index (χ3n) is 4.96. The number of amides is 1. The second kappa shape index (κ2) is 7.33. The molecule has 4 rings (SSSR count). The molecule has 26 heavy (non-hydrogen) atoms. The fraction of sp³-hybridized carbons (Fsp3) is 0.400. The van der Waals surface area contributed by atoms with Crippen molar-refractivity contribution in [3.8, 4) is 0 Å². The second-order valence-corrected chi connectivity index (χ2v) is 6.89. The van der Waals surface area contributed by atoms with Gasteiger partial charge in [-0.15, -0.1) is 0 Å². The number of aryl methyl sites for hydroxylation is 1. The van der Waals surface area contributed by atoms with Crippen LogP contribution in [0.15, 0.2) is 41.1 Å². The van der Waals surface area contributed by atoms with E-state index in [4.69, 9.17) is 4.42 Å². The molecule has 136 valence electrons. The van der Waals surface area contributed by atoms with Crippen LogP contribution in [0.1, 0.15) is 34.7 Å². The van der Waals surface area contributed by atoms with E-state index in [2.05, 4.69) is 19.8 Å². The Morgan fingerprint density at radius 3 is 2.81 bits per heavy atom. The highest BCUT2D eigenvalue weighted by molar-refractivity contribution is 5.97. The van der Waals surface area contributed by atoms with Crippen molar-refractivity contribution in [3.63, 3.8) is 0 Å². The lowest BCUT2D eigenvalue weighted by molar-refractivity contribution is 0.0948. The molecule has 1 aromatic carbocycles. The number of likely N-dealkylation sites (tertiary alicyclic amines) is 1. The van der Waals surface area contributed by atoms with Crippen LogP contribution < -0.4 is 5.32 Å². The fourth-order valence-corrected chi connectivity index (χ4v) is 3.49. The standard InChI is InChI=1S/C20H24N4O2/c1-15-4-6-17(26-15)13-21-20(25)16-5-7-19-18(12-16)22-14-24(19)11-10-23-8-2-3-9-23/h4-7,12,14H,2-3,8-11,13H2,1H3,(H,21,25). The van der Waals surface area contributed by atoms with E-state index in [0.29, 0.717) is 12.1 Å². The molecule has 1 N–H and O–H groups in total. The van der Waals surface area contributed by atoms with Gasteiger partial charge >= 0.3 is 0 Å². The van der Waals surface area contributed by atoms with E-state index in [-0.39, 0.29) is 5.91 Å². The summed E-state index contributed by atoms with van der Waals surface area (Å²) >= 11 is 0. The molecule has 1 aliphatic rings. The van der Waals surface area contributed by atoms with E-state index in [9.17, 15) is 4.79 Å². The summed E-state index contributed by atoms with van der Waals surface area (Å²) in [5.74, 6) is 1.48. The van der Waals surface area contributed by atoms with Gasteiger partial charge in [-0.25, -0.2) is 4.98 Å². The first kappa shape index (κ1) is 16.8. The molecule has 0 saturated carbocycles. The zero-order chi connectivity index (χ0) is 17.9. The first-order chi connectivity index (χ1) is 12.7. The second-order valence-electron chi connectivity index (χ2n) is 6.89. The van der Waals surface area contributed by atoms with E-state index in [1.54, 1.807) is 0 Å². The molecule has 0 unspecified atom stereocenters. The summed E-state index contributed by atoms with van der Waals surface area (Å²) < 4.78 is 7.65. The Morgan fingerprint density at radius 2 is 2.04 bits per heavy atom. The number of carbonyl (C=O) groups is 1. The number of nitrogens with zero attached hydrogens (tertiary/aromatic N) is 3. The van der Waals surface area contributed by atoms with E-state index in [1.165, 1.54) is 25.9 Å². The molecule has 1 fully saturated rings. The van der Waals surface area contributed by atoms with E-state index < -0.39 is 0 Å². The normalized spacial score (nSPS) is 15.0. The van der Waals surface area contributed by atoms with Crippen LogP contribution in [0.4, 0.5) is 0 Å². The third kappa shape index (κ3) is 3.65. The molecule has 6 nitrogen and oxygen atoms in total. The summed E-state index contributed by atoms with van der Waals surface area (Å²) in [4.78, 5) is 19.3. The minimum Gasteiger partial charge on any atom is -0.465 e. The summed E-state index contributed by atoms with van der Waals surface area (Å²) in [6.07, 6.45) is 4.48. The molecule has 0 spiro atoms. The van der Waals surface area contributed by atoms with Crippen LogP contribution in [-0.2, 0) is 13.1 Å². The predicted molar refractivity (Wildman–Crippen MR) is 100 cm³/mol. The molecule has 3 heterocycles. The van der Waals surface area contributed by atoms with Crippen LogP contribution in [-0.4, -0.2) is 40.0 Å². The average Bonchev–Trinajstić information content (AvgIpc) is 3.38. The van der Waals surface area contributed by atoms with Gasteiger partial charge in [0.1, 0.15) is 11.5 Å². The molecule has 0 atom stereocenters. The van der Waals surface area contributed by atoms with Crippen molar-refractivity contribution in [3.05, 3.63) is 53.7 Å². The summed E-state index contributed by atoms with van der Waals surface area (Å²) in [5, 5.41) is 2.89. The lowest BCUT2D eigenvalue weighted by atomic mass is 10.2. The molecule has 3 aromatic rings. The minimum atomic E-state index is -0.118. The van der Waals surface area contributed by atoms with E-state index >= 15 is 0 Å². The Bertz CT molecular complexity index is 906. The molecule has 0 radical (unpaired) electrons. The molecule has 0 bridgehead atoms. The Morgan fingerprint density at radius 1 is 1.19 bits per heavy atom. The van der Waals surface area contributed by atoms with Crippen LogP contribution in [0.5, 0.6) is 0 Å². The summed E-state index contributed by atoms with van der Waals surface area (Å²) in [6.45, 7) is 6.66. The zero-order valence-electron chi connectivity index (χ0n) is 15.1. The van der Waals surface area contributed by atoms with Gasteiger partial charge in [-0.3, -0.25) is 4.79 Å². The monoisotopic (exact) mass is 352 g/mol. The molecule has 2 aromatic heterocycles. The van der Waals surface area contributed by atoms with Crippen molar-refractivity contribution in [2.45, 2.75) is 32.9 Å². The maximum atomic E-state index is 12.4. The van der Waals surface area contributed by atoms with E-state index in [0.717, 1.165) is 35.6 Å². The maximum Gasteiger partial charge on any atom is 0.251 e. The van der Waals surface area contributed by atoms with Crippen molar-refractivity contribution in [1.82, 2.24) is 19.8 Å². The summed E-state index contributed by atoms with van der Waals surface area (Å²) in [5.41, 5.74) is 2.54. The Kier molecular flexibility index (Phi) is 4.75.